The van der Waals surface area contributed by atoms with Gasteiger partial charge < -0.3 is 9.88 Å². The van der Waals surface area contributed by atoms with Crippen molar-refractivity contribution in [3.63, 3.8) is 0 Å². The Morgan fingerprint density at radius 2 is 1.39 bits per heavy atom. The SMILES string of the molecule is Cn1c(NC(=O)[C@H]2CN2C(c2ccccc2)(c2ccccc2)c2ccccc2)cnc1C=O. The fraction of sp³-hybridized carbons (Fsp3) is 0.148. The molecule has 1 aliphatic rings. The molecule has 0 saturated carbocycles. The highest BCUT2D eigenvalue weighted by molar-refractivity contribution is 5.97. The Bertz CT molecular complexity index is 1170. The van der Waals surface area contributed by atoms with Gasteiger partial charge in [-0.2, -0.15) is 0 Å². The number of nitrogens with zero attached hydrogens (tertiary/aromatic N) is 3. The smallest absolute Gasteiger partial charge is 0.244 e. The lowest BCUT2D eigenvalue weighted by atomic mass is 9.76. The molecule has 164 valence electrons. The minimum atomic E-state index is -0.619. The molecule has 6 heteroatoms. The largest absolute Gasteiger partial charge is 0.312 e. The zero-order valence-corrected chi connectivity index (χ0v) is 18.3. The Morgan fingerprint density at radius 3 is 1.82 bits per heavy atom. The number of hydrogen-bond donors (Lipinski definition) is 1. The van der Waals surface area contributed by atoms with E-state index in [2.05, 4.69) is 51.6 Å². The van der Waals surface area contributed by atoms with E-state index in [-0.39, 0.29) is 17.8 Å². The summed E-state index contributed by atoms with van der Waals surface area (Å²) in [5, 5.41) is 2.94. The van der Waals surface area contributed by atoms with Gasteiger partial charge in [-0.1, -0.05) is 91.0 Å². The van der Waals surface area contributed by atoms with Crippen LogP contribution >= 0.6 is 0 Å². The van der Waals surface area contributed by atoms with Gasteiger partial charge in [0.2, 0.25) is 5.91 Å². The lowest BCUT2D eigenvalue weighted by Crippen LogP contribution is -2.40. The van der Waals surface area contributed by atoms with E-state index in [9.17, 15) is 9.59 Å². The second-order valence-corrected chi connectivity index (χ2v) is 8.14. The summed E-state index contributed by atoms with van der Waals surface area (Å²) in [6.45, 7) is 0.600. The highest BCUT2D eigenvalue weighted by atomic mass is 16.2. The first kappa shape index (κ1) is 20.8. The average Bonchev–Trinajstić information content (AvgIpc) is 3.60. The molecular formula is C27H24N4O2. The number of imidazole rings is 1. The molecule has 0 bridgehead atoms. The van der Waals surface area contributed by atoms with Gasteiger partial charge in [-0.3, -0.25) is 14.5 Å². The minimum Gasteiger partial charge on any atom is -0.312 e. The third kappa shape index (κ3) is 3.54. The van der Waals surface area contributed by atoms with Crippen molar-refractivity contribution < 1.29 is 9.59 Å². The van der Waals surface area contributed by atoms with Gasteiger partial charge in [-0.25, -0.2) is 4.98 Å². The van der Waals surface area contributed by atoms with E-state index in [1.807, 2.05) is 54.6 Å². The van der Waals surface area contributed by atoms with Crippen molar-refractivity contribution in [1.82, 2.24) is 14.5 Å². The Hall–Kier alpha value is -4.03. The number of hydrogen-bond acceptors (Lipinski definition) is 4. The zero-order valence-electron chi connectivity index (χ0n) is 18.3. The van der Waals surface area contributed by atoms with Crippen LogP contribution in [0.1, 0.15) is 27.3 Å². The van der Waals surface area contributed by atoms with Crippen molar-refractivity contribution >= 4 is 18.0 Å². The van der Waals surface area contributed by atoms with Crippen molar-refractivity contribution in [3.8, 4) is 0 Å². The van der Waals surface area contributed by atoms with Crippen LogP contribution in [-0.2, 0) is 17.4 Å². The van der Waals surface area contributed by atoms with Gasteiger partial charge in [0.1, 0.15) is 11.9 Å². The highest BCUT2D eigenvalue weighted by Crippen LogP contribution is 2.48. The number of carbonyl (C=O) groups is 2. The Morgan fingerprint density at radius 1 is 0.909 bits per heavy atom. The van der Waals surface area contributed by atoms with Crippen LogP contribution in [0.4, 0.5) is 5.82 Å². The molecule has 0 radical (unpaired) electrons. The van der Waals surface area contributed by atoms with Gasteiger partial charge in [0, 0.05) is 13.6 Å². The molecule has 6 nitrogen and oxygen atoms in total. The number of rotatable bonds is 7. The van der Waals surface area contributed by atoms with Gasteiger partial charge in [-0.15, -0.1) is 0 Å². The van der Waals surface area contributed by atoms with Crippen LogP contribution in [0, 0.1) is 0 Å². The van der Waals surface area contributed by atoms with Crippen LogP contribution in [0.25, 0.3) is 0 Å². The average molecular weight is 437 g/mol. The lowest BCUT2D eigenvalue weighted by molar-refractivity contribution is -0.116. The second-order valence-electron chi connectivity index (χ2n) is 8.14. The second kappa shape index (κ2) is 8.48. The summed E-state index contributed by atoms with van der Waals surface area (Å²) >= 11 is 0. The van der Waals surface area contributed by atoms with Crippen molar-refractivity contribution in [2.24, 2.45) is 7.05 Å². The molecular weight excluding hydrogens is 412 g/mol. The maximum atomic E-state index is 13.3. The Kier molecular flexibility index (Phi) is 5.36. The van der Waals surface area contributed by atoms with E-state index < -0.39 is 5.54 Å². The zero-order chi connectivity index (χ0) is 22.8. The maximum absolute atomic E-state index is 13.3. The number of benzene rings is 3. The van der Waals surface area contributed by atoms with Gasteiger partial charge in [0.15, 0.2) is 12.1 Å². The molecule has 0 aliphatic carbocycles. The van der Waals surface area contributed by atoms with Crippen molar-refractivity contribution in [1.29, 1.82) is 0 Å². The van der Waals surface area contributed by atoms with Crippen LogP contribution in [0.2, 0.25) is 0 Å². The molecule has 1 amide bonds. The number of aromatic nitrogens is 2. The number of aldehydes is 1. The molecule has 1 aliphatic heterocycles. The molecule has 33 heavy (non-hydrogen) atoms. The van der Waals surface area contributed by atoms with Crippen LogP contribution in [0.3, 0.4) is 0 Å². The monoisotopic (exact) mass is 436 g/mol. The summed E-state index contributed by atoms with van der Waals surface area (Å²) in [6.07, 6.45) is 2.18. The summed E-state index contributed by atoms with van der Waals surface area (Å²) in [7, 11) is 1.71. The van der Waals surface area contributed by atoms with Gasteiger partial charge in [0.25, 0.3) is 0 Å². The summed E-state index contributed by atoms with van der Waals surface area (Å²) < 4.78 is 1.58. The standard InChI is InChI=1S/C27H24N4O2/c1-30-24(17-28-25(30)19-32)29-26(33)23-18-31(23)27(20-11-5-2-6-12-20,21-13-7-3-8-14-21)22-15-9-4-10-16-22/h2-17,19,23H,18H2,1H3,(H,29,33)/t23-,31?/m1/s1. The molecule has 1 N–H and O–H groups in total. The predicted molar refractivity (Wildman–Crippen MR) is 127 cm³/mol. The van der Waals surface area contributed by atoms with Crippen molar-refractivity contribution in [2.75, 3.05) is 11.9 Å². The first-order valence-corrected chi connectivity index (χ1v) is 10.9. The molecule has 1 aromatic heterocycles. The lowest BCUT2D eigenvalue weighted by Gasteiger charge is -2.38. The summed E-state index contributed by atoms with van der Waals surface area (Å²) in [5.41, 5.74) is 2.68. The normalized spacial score (nSPS) is 17.4. The summed E-state index contributed by atoms with van der Waals surface area (Å²) in [5.74, 6) is 0.645. The molecule has 4 aromatic rings. The first-order chi connectivity index (χ1) is 16.2. The Labute approximate surface area is 192 Å². The topological polar surface area (TPSA) is 67.0 Å². The summed E-state index contributed by atoms with van der Waals surface area (Å²) in [6, 6.07) is 30.6. The highest BCUT2D eigenvalue weighted by Gasteiger charge is 2.56. The fourth-order valence-corrected chi connectivity index (χ4v) is 4.63. The number of carbonyl (C=O) groups excluding carboxylic acids is 2. The molecule has 5 rings (SSSR count). The molecule has 3 aromatic carbocycles. The first-order valence-electron chi connectivity index (χ1n) is 10.9. The van der Waals surface area contributed by atoms with E-state index in [0.717, 1.165) is 16.7 Å². The van der Waals surface area contributed by atoms with Crippen LogP contribution in [-0.4, -0.2) is 39.2 Å². The van der Waals surface area contributed by atoms with Gasteiger partial charge in [0.05, 0.1) is 11.7 Å². The van der Waals surface area contributed by atoms with Crippen molar-refractivity contribution in [3.05, 3.63) is 120 Å². The molecule has 0 spiro atoms. The number of nitrogens with one attached hydrogen (secondary N) is 1. The Balaban J connectivity index is 1.58. The van der Waals surface area contributed by atoms with E-state index in [0.29, 0.717) is 18.6 Å². The van der Waals surface area contributed by atoms with Crippen molar-refractivity contribution in [2.45, 2.75) is 11.6 Å². The molecule has 2 atom stereocenters. The van der Waals surface area contributed by atoms with Gasteiger partial charge in [-0.05, 0) is 16.7 Å². The minimum absolute atomic E-state index is 0.123. The number of anilines is 1. The fourth-order valence-electron chi connectivity index (χ4n) is 4.63. The quantitative estimate of drug-likeness (QED) is 0.272. The van der Waals surface area contributed by atoms with E-state index in [1.54, 1.807) is 11.6 Å². The van der Waals surface area contributed by atoms with Gasteiger partial charge >= 0.3 is 0 Å². The van der Waals surface area contributed by atoms with E-state index in [4.69, 9.17) is 0 Å². The molecule has 2 heterocycles. The molecule has 1 fully saturated rings. The third-order valence-electron chi connectivity index (χ3n) is 6.30. The van der Waals surface area contributed by atoms with Crippen LogP contribution < -0.4 is 5.32 Å². The maximum Gasteiger partial charge on any atom is 0.244 e. The number of amides is 1. The third-order valence-corrected chi connectivity index (χ3v) is 6.30. The van der Waals surface area contributed by atoms with E-state index in [1.165, 1.54) is 6.20 Å². The van der Waals surface area contributed by atoms with E-state index >= 15 is 0 Å². The molecule has 1 unspecified atom stereocenters. The summed E-state index contributed by atoms with van der Waals surface area (Å²) in [4.78, 5) is 30.7. The van der Waals surface area contributed by atoms with Crippen LogP contribution in [0.15, 0.2) is 97.2 Å². The predicted octanol–water partition coefficient (Wildman–Crippen LogP) is 3.85. The van der Waals surface area contributed by atoms with Crippen LogP contribution in [0.5, 0.6) is 0 Å². The molecule has 1 saturated heterocycles.